The highest BCUT2D eigenvalue weighted by Gasteiger charge is 2.30. The number of rotatable bonds is 23. The van der Waals surface area contributed by atoms with Crippen molar-refractivity contribution < 1.29 is 57.9 Å². The number of carboxylic acid groups (broad SMARTS) is 2. The average Bonchev–Trinajstić information content (AvgIpc) is 3.72. The minimum absolute atomic E-state index is 0.00712. The SMILES string of the molecule is CCCCCC(OC(=O)C#CC(=O)OCCCCCCn1nnc(C(=O)OCCCC)c1C(=O)OCCCC)n1nnc(C(=O)O)c1C(=O)O. The normalized spacial score (nSPS) is 11.2. The third kappa shape index (κ3) is 13.3. The minimum Gasteiger partial charge on any atom is -0.476 e. The smallest absolute Gasteiger partial charge is 0.386 e. The maximum atomic E-state index is 12.8. The standard InChI is InChI=1S/C32H44N6O12/c1-4-7-12-15-22(38-27(30(43)44)25(29(41)42)33-36-38)50-24(40)17-16-23(39)47-21-14-11-10-13-18-37-28(32(46)49-20-9-6-3)26(34-35-37)31(45)48-19-8-5-2/h22H,4-15,18-21H2,1-3H3,(H,41,42)(H,43,44). The predicted molar refractivity (Wildman–Crippen MR) is 171 cm³/mol. The van der Waals surface area contributed by atoms with E-state index in [1.165, 1.54) is 4.68 Å². The fourth-order valence-corrected chi connectivity index (χ4v) is 4.38. The number of carbonyl (C=O) groups excluding carboxylic acids is 4. The van der Waals surface area contributed by atoms with Gasteiger partial charge in [-0.05, 0) is 38.5 Å². The Balaban J connectivity index is 1.87. The van der Waals surface area contributed by atoms with Gasteiger partial charge in [-0.3, -0.25) is 0 Å². The molecule has 1 unspecified atom stereocenters. The van der Waals surface area contributed by atoms with Crippen LogP contribution in [0.25, 0.3) is 0 Å². The Morgan fingerprint density at radius 1 is 0.640 bits per heavy atom. The summed E-state index contributed by atoms with van der Waals surface area (Å²) >= 11 is 0. The summed E-state index contributed by atoms with van der Waals surface area (Å²) in [4.78, 5) is 72.8. The lowest BCUT2D eigenvalue weighted by atomic mass is 10.2. The molecule has 0 radical (unpaired) electrons. The predicted octanol–water partition coefficient (Wildman–Crippen LogP) is 3.61. The molecule has 274 valence electrons. The Bertz CT molecular complexity index is 1520. The van der Waals surface area contributed by atoms with Crippen molar-refractivity contribution in [2.45, 2.75) is 111 Å². The molecular weight excluding hydrogens is 660 g/mol. The molecule has 2 N–H and O–H groups in total. The number of aryl methyl sites for hydroxylation is 1. The van der Waals surface area contributed by atoms with Crippen LogP contribution in [0.2, 0.25) is 0 Å². The quantitative estimate of drug-likeness (QED) is 0.0552. The highest BCUT2D eigenvalue weighted by atomic mass is 16.6. The van der Waals surface area contributed by atoms with Gasteiger partial charge in [-0.15, -0.1) is 10.2 Å². The van der Waals surface area contributed by atoms with Gasteiger partial charge in [0.25, 0.3) is 0 Å². The molecule has 18 heteroatoms. The van der Waals surface area contributed by atoms with Crippen molar-refractivity contribution in [2.75, 3.05) is 19.8 Å². The van der Waals surface area contributed by atoms with Crippen LogP contribution in [0.4, 0.5) is 0 Å². The molecule has 1 atom stereocenters. The lowest BCUT2D eigenvalue weighted by Crippen LogP contribution is -2.23. The maximum absolute atomic E-state index is 12.8. The zero-order valence-electron chi connectivity index (χ0n) is 28.6. The Morgan fingerprint density at radius 2 is 1.24 bits per heavy atom. The van der Waals surface area contributed by atoms with Crippen molar-refractivity contribution in [3.8, 4) is 11.8 Å². The van der Waals surface area contributed by atoms with E-state index in [9.17, 15) is 39.0 Å². The zero-order valence-corrected chi connectivity index (χ0v) is 28.6. The molecule has 0 aliphatic carbocycles. The number of hydrogen-bond acceptors (Lipinski definition) is 14. The maximum Gasteiger partial charge on any atom is 0.386 e. The van der Waals surface area contributed by atoms with Crippen molar-refractivity contribution in [1.29, 1.82) is 0 Å². The van der Waals surface area contributed by atoms with E-state index in [0.29, 0.717) is 56.0 Å². The Morgan fingerprint density at radius 3 is 1.88 bits per heavy atom. The summed E-state index contributed by atoms with van der Waals surface area (Å²) in [5, 5.41) is 33.5. The van der Waals surface area contributed by atoms with Crippen LogP contribution < -0.4 is 0 Å². The summed E-state index contributed by atoms with van der Waals surface area (Å²) in [7, 11) is 0. The van der Waals surface area contributed by atoms with Crippen LogP contribution in [0.1, 0.15) is 146 Å². The number of nitrogens with zero attached hydrogens (tertiary/aromatic N) is 6. The zero-order chi connectivity index (χ0) is 36.9. The lowest BCUT2D eigenvalue weighted by Gasteiger charge is -2.17. The van der Waals surface area contributed by atoms with E-state index >= 15 is 0 Å². The molecule has 2 heterocycles. The fraction of sp³-hybridized carbons (Fsp3) is 0.625. The first-order valence-corrected chi connectivity index (χ1v) is 16.6. The molecule has 0 bridgehead atoms. The molecule has 0 saturated heterocycles. The number of aromatic carboxylic acids is 2. The van der Waals surface area contributed by atoms with Crippen LogP contribution in [0.15, 0.2) is 0 Å². The molecule has 0 amide bonds. The van der Waals surface area contributed by atoms with Gasteiger partial charge in [0.15, 0.2) is 17.6 Å². The van der Waals surface area contributed by atoms with Crippen molar-refractivity contribution in [3.05, 3.63) is 22.8 Å². The molecule has 18 nitrogen and oxygen atoms in total. The van der Waals surface area contributed by atoms with Crippen molar-refractivity contribution >= 4 is 35.8 Å². The van der Waals surface area contributed by atoms with Gasteiger partial charge in [0.1, 0.15) is 0 Å². The number of aromatic nitrogens is 6. The van der Waals surface area contributed by atoms with Crippen LogP contribution in [-0.4, -0.2) is 95.8 Å². The molecule has 2 aromatic heterocycles. The largest absolute Gasteiger partial charge is 0.476 e. The van der Waals surface area contributed by atoms with E-state index < -0.39 is 53.4 Å². The van der Waals surface area contributed by atoms with E-state index in [0.717, 1.165) is 19.3 Å². The van der Waals surface area contributed by atoms with Crippen LogP contribution in [-0.2, 0) is 35.1 Å². The number of ether oxygens (including phenoxy) is 4. The molecule has 0 saturated carbocycles. The number of esters is 4. The summed E-state index contributed by atoms with van der Waals surface area (Å²) in [6, 6.07) is 0. The van der Waals surface area contributed by atoms with Gasteiger partial charge in [-0.1, -0.05) is 63.3 Å². The summed E-state index contributed by atoms with van der Waals surface area (Å²) < 4.78 is 22.8. The third-order valence-corrected chi connectivity index (χ3v) is 7.02. The molecule has 0 fully saturated rings. The Kier molecular flexibility index (Phi) is 18.2. The lowest BCUT2D eigenvalue weighted by molar-refractivity contribution is -0.148. The monoisotopic (exact) mass is 704 g/mol. The van der Waals surface area contributed by atoms with Crippen LogP contribution in [0.3, 0.4) is 0 Å². The first-order valence-electron chi connectivity index (χ1n) is 16.6. The van der Waals surface area contributed by atoms with E-state index in [1.54, 1.807) is 0 Å². The van der Waals surface area contributed by atoms with Gasteiger partial charge in [-0.25, -0.2) is 33.4 Å². The molecule has 0 aliphatic rings. The number of unbranched alkanes of at least 4 members (excludes halogenated alkanes) is 7. The summed E-state index contributed by atoms with van der Waals surface area (Å²) in [6.45, 7) is 6.51. The molecule has 0 aromatic carbocycles. The Hall–Kier alpha value is -5.34. The summed E-state index contributed by atoms with van der Waals surface area (Å²) in [5.41, 5.74) is -1.84. The van der Waals surface area contributed by atoms with Gasteiger partial charge >= 0.3 is 35.8 Å². The summed E-state index contributed by atoms with van der Waals surface area (Å²) in [6.07, 6.45) is 6.07. The van der Waals surface area contributed by atoms with Gasteiger partial charge in [0.2, 0.25) is 11.4 Å². The fourth-order valence-electron chi connectivity index (χ4n) is 4.38. The third-order valence-electron chi connectivity index (χ3n) is 7.02. The van der Waals surface area contributed by atoms with Crippen molar-refractivity contribution in [3.63, 3.8) is 0 Å². The molecule has 50 heavy (non-hydrogen) atoms. The first-order chi connectivity index (χ1) is 24.0. The first kappa shape index (κ1) is 40.8. The van der Waals surface area contributed by atoms with Gasteiger partial charge in [0, 0.05) is 24.8 Å². The molecular formula is C32H44N6O12. The minimum atomic E-state index is -1.63. The van der Waals surface area contributed by atoms with Crippen LogP contribution in [0, 0.1) is 11.8 Å². The molecule has 2 aromatic rings. The number of hydrogen-bond donors (Lipinski definition) is 2. The highest BCUT2D eigenvalue weighted by molar-refractivity contribution is 6.01. The Labute approximate surface area is 288 Å². The van der Waals surface area contributed by atoms with Gasteiger partial charge in [0.05, 0.1) is 19.8 Å². The molecule has 0 spiro atoms. The summed E-state index contributed by atoms with van der Waals surface area (Å²) in [5.74, 6) is -2.85. The topological polar surface area (TPSA) is 241 Å². The van der Waals surface area contributed by atoms with Gasteiger partial charge < -0.3 is 29.2 Å². The van der Waals surface area contributed by atoms with Crippen LogP contribution in [0.5, 0.6) is 0 Å². The second kappa shape index (κ2) is 22.3. The van der Waals surface area contributed by atoms with E-state index in [2.05, 4.69) is 20.6 Å². The second-order valence-electron chi connectivity index (χ2n) is 11.0. The number of carbonyl (C=O) groups is 6. The second-order valence-corrected chi connectivity index (χ2v) is 11.0. The number of carboxylic acids is 2. The van der Waals surface area contributed by atoms with E-state index in [1.807, 2.05) is 32.6 Å². The molecule has 2 rings (SSSR count). The molecule has 0 aliphatic heterocycles. The average molecular weight is 705 g/mol. The van der Waals surface area contributed by atoms with E-state index in [-0.39, 0.29) is 44.2 Å². The van der Waals surface area contributed by atoms with E-state index in [4.69, 9.17) is 18.9 Å². The van der Waals surface area contributed by atoms with Crippen LogP contribution >= 0.6 is 0 Å². The van der Waals surface area contributed by atoms with Crippen molar-refractivity contribution in [1.82, 2.24) is 30.0 Å². The highest BCUT2D eigenvalue weighted by Crippen LogP contribution is 2.21. The van der Waals surface area contributed by atoms with Gasteiger partial charge in [-0.2, -0.15) is 4.68 Å². The van der Waals surface area contributed by atoms with Crippen molar-refractivity contribution in [2.24, 2.45) is 0 Å².